The maximum atomic E-state index is 13.5. The van der Waals surface area contributed by atoms with Gasteiger partial charge in [0.2, 0.25) is 0 Å². The molecule has 0 fully saturated rings. The molecule has 20 heavy (non-hydrogen) atoms. The van der Waals surface area contributed by atoms with Crippen molar-refractivity contribution < 1.29 is 13.9 Å². The van der Waals surface area contributed by atoms with Crippen molar-refractivity contribution in [1.82, 2.24) is 4.98 Å². The standard InChI is InChI=1S/C13H14FN3O2S/c1-7(15)13-17-10(6-20-13)12(18)16-8-3-4-11(19-2)9(14)5-8/h3-7H,15H2,1-2H3,(H,16,18). The molecule has 5 nitrogen and oxygen atoms in total. The van der Waals surface area contributed by atoms with Crippen LogP contribution in [0, 0.1) is 5.82 Å². The highest BCUT2D eigenvalue weighted by Crippen LogP contribution is 2.22. The summed E-state index contributed by atoms with van der Waals surface area (Å²) >= 11 is 1.31. The fourth-order valence-corrected chi connectivity index (χ4v) is 2.30. The van der Waals surface area contributed by atoms with Crippen molar-refractivity contribution in [1.29, 1.82) is 0 Å². The second-order valence-corrected chi connectivity index (χ2v) is 5.05. The zero-order valence-electron chi connectivity index (χ0n) is 11.0. The summed E-state index contributed by atoms with van der Waals surface area (Å²) in [5, 5.41) is 4.87. The van der Waals surface area contributed by atoms with E-state index in [-0.39, 0.29) is 17.5 Å². The predicted octanol–water partition coefficient (Wildman–Crippen LogP) is 2.56. The third-order valence-corrected chi connectivity index (χ3v) is 3.60. The van der Waals surface area contributed by atoms with Crippen LogP contribution in [0.1, 0.15) is 28.5 Å². The molecule has 0 spiro atoms. The molecule has 0 saturated heterocycles. The lowest BCUT2D eigenvalue weighted by Gasteiger charge is -2.06. The number of carbonyl (C=O) groups excluding carboxylic acids is 1. The quantitative estimate of drug-likeness (QED) is 0.908. The van der Waals surface area contributed by atoms with E-state index in [0.29, 0.717) is 10.7 Å². The van der Waals surface area contributed by atoms with Gasteiger partial charge in [-0.3, -0.25) is 4.79 Å². The fraction of sp³-hybridized carbons (Fsp3) is 0.231. The van der Waals surface area contributed by atoms with Gasteiger partial charge in [0.25, 0.3) is 5.91 Å². The molecule has 1 unspecified atom stereocenters. The van der Waals surface area contributed by atoms with Crippen molar-refractivity contribution in [2.24, 2.45) is 5.73 Å². The van der Waals surface area contributed by atoms with Crippen LogP contribution in [-0.2, 0) is 0 Å². The van der Waals surface area contributed by atoms with Gasteiger partial charge < -0.3 is 15.8 Å². The molecule has 1 atom stereocenters. The topological polar surface area (TPSA) is 77.2 Å². The molecule has 0 saturated carbocycles. The van der Waals surface area contributed by atoms with Gasteiger partial charge in [-0.2, -0.15) is 0 Å². The number of nitrogens with one attached hydrogen (secondary N) is 1. The molecule has 1 heterocycles. The minimum Gasteiger partial charge on any atom is -0.494 e. The van der Waals surface area contributed by atoms with Gasteiger partial charge in [0.15, 0.2) is 11.6 Å². The van der Waals surface area contributed by atoms with Crippen molar-refractivity contribution >= 4 is 22.9 Å². The summed E-state index contributed by atoms with van der Waals surface area (Å²) < 4.78 is 18.3. The highest BCUT2D eigenvalue weighted by Gasteiger charge is 2.13. The van der Waals surface area contributed by atoms with E-state index >= 15 is 0 Å². The van der Waals surface area contributed by atoms with Crippen LogP contribution in [0.25, 0.3) is 0 Å². The summed E-state index contributed by atoms with van der Waals surface area (Å²) in [5.74, 6) is -0.825. The van der Waals surface area contributed by atoms with Crippen molar-refractivity contribution in [2.75, 3.05) is 12.4 Å². The van der Waals surface area contributed by atoms with Crippen molar-refractivity contribution in [2.45, 2.75) is 13.0 Å². The van der Waals surface area contributed by atoms with Gasteiger partial charge in [0, 0.05) is 17.1 Å². The average molecular weight is 295 g/mol. The lowest BCUT2D eigenvalue weighted by Crippen LogP contribution is -2.13. The molecule has 3 N–H and O–H groups in total. The minimum atomic E-state index is -0.542. The van der Waals surface area contributed by atoms with Gasteiger partial charge in [-0.05, 0) is 19.1 Å². The van der Waals surface area contributed by atoms with Crippen LogP contribution in [0.4, 0.5) is 10.1 Å². The largest absolute Gasteiger partial charge is 0.494 e. The number of aromatic nitrogens is 1. The number of anilines is 1. The monoisotopic (exact) mass is 295 g/mol. The number of methoxy groups -OCH3 is 1. The van der Waals surface area contributed by atoms with Crippen molar-refractivity contribution in [3.8, 4) is 5.75 Å². The molecule has 1 amide bonds. The van der Waals surface area contributed by atoms with Crippen LogP contribution in [0.3, 0.4) is 0 Å². The number of nitrogens with zero attached hydrogens (tertiary/aromatic N) is 1. The van der Waals surface area contributed by atoms with Gasteiger partial charge in [-0.15, -0.1) is 11.3 Å². The molecule has 106 valence electrons. The molecule has 1 aromatic heterocycles. The number of amides is 1. The summed E-state index contributed by atoms with van der Waals surface area (Å²) in [6.07, 6.45) is 0. The molecule has 0 bridgehead atoms. The summed E-state index contributed by atoms with van der Waals surface area (Å²) in [6.45, 7) is 1.79. The molecule has 0 aliphatic heterocycles. The summed E-state index contributed by atoms with van der Waals surface area (Å²) in [7, 11) is 1.38. The Balaban J connectivity index is 2.12. The molecule has 7 heteroatoms. The minimum absolute atomic E-state index is 0.121. The Morgan fingerprint density at radius 1 is 1.55 bits per heavy atom. The number of benzene rings is 1. The number of rotatable bonds is 4. The normalized spacial score (nSPS) is 12.0. The molecular weight excluding hydrogens is 281 g/mol. The molecule has 2 aromatic rings. The van der Waals surface area contributed by atoms with Gasteiger partial charge in [0.1, 0.15) is 10.7 Å². The van der Waals surface area contributed by atoms with E-state index in [1.54, 1.807) is 18.4 Å². The zero-order chi connectivity index (χ0) is 14.7. The van der Waals surface area contributed by atoms with Crippen LogP contribution in [0.15, 0.2) is 23.6 Å². The zero-order valence-corrected chi connectivity index (χ0v) is 11.8. The molecule has 0 radical (unpaired) electrons. The Hall–Kier alpha value is -1.99. The number of halogens is 1. The highest BCUT2D eigenvalue weighted by atomic mass is 32.1. The Labute approximate surface area is 119 Å². The Kier molecular flexibility index (Phi) is 4.31. The van der Waals surface area contributed by atoms with E-state index in [1.807, 2.05) is 0 Å². The first-order chi connectivity index (χ1) is 9.51. The number of hydrogen-bond acceptors (Lipinski definition) is 5. The SMILES string of the molecule is COc1ccc(NC(=O)c2csc(C(C)N)n2)cc1F. The summed E-state index contributed by atoms with van der Waals surface area (Å²) in [5.41, 5.74) is 6.28. The smallest absolute Gasteiger partial charge is 0.275 e. The van der Waals surface area contributed by atoms with Crippen LogP contribution in [0.2, 0.25) is 0 Å². The predicted molar refractivity (Wildman–Crippen MR) is 75.6 cm³/mol. The summed E-state index contributed by atoms with van der Waals surface area (Å²) in [4.78, 5) is 16.1. The van der Waals surface area contributed by atoms with E-state index < -0.39 is 11.7 Å². The van der Waals surface area contributed by atoms with E-state index in [1.165, 1.54) is 30.6 Å². The number of thiazole rings is 1. The van der Waals surface area contributed by atoms with Crippen LogP contribution in [0.5, 0.6) is 5.75 Å². The number of nitrogens with two attached hydrogens (primary N) is 1. The lowest BCUT2D eigenvalue weighted by atomic mass is 10.3. The Bertz CT molecular complexity index is 628. The van der Waals surface area contributed by atoms with Crippen LogP contribution >= 0.6 is 11.3 Å². The van der Waals surface area contributed by atoms with Gasteiger partial charge in [-0.1, -0.05) is 0 Å². The lowest BCUT2D eigenvalue weighted by molar-refractivity contribution is 0.102. The van der Waals surface area contributed by atoms with Crippen molar-refractivity contribution in [3.05, 3.63) is 40.1 Å². The Morgan fingerprint density at radius 3 is 2.85 bits per heavy atom. The first-order valence-electron chi connectivity index (χ1n) is 5.87. The number of hydrogen-bond donors (Lipinski definition) is 2. The third-order valence-electron chi connectivity index (χ3n) is 2.55. The maximum absolute atomic E-state index is 13.5. The summed E-state index contributed by atoms with van der Waals surface area (Å²) in [6, 6.07) is 3.97. The molecule has 1 aromatic carbocycles. The second-order valence-electron chi connectivity index (χ2n) is 4.16. The number of ether oxygens (including phenoxy) is 1. The van der Waals surface area contributed by atoms with Crippen molar-refractivity contribution in [3.63, 3.8) is 0 Å². The molecule has 0 aliphatic carbocycles. The second kappa shape index (κ2) is 5.98. The first kappa shape index (κ1) is 14.4. The van der Waals surface area contributed by atoms with E-state index in [2.05, 4.69) is 10.3 Å². The van der Waals surface area contributed by atoms with Crippen LogP contribution < -0.4 is 15.8 Å². The van der Waals surface area contributed by atoms with E-state index in [0.717, 1.165) is 0 Å². The molecular formula is C13H14FN3O2S. The van der Waals surface area contributed by atoms with E-state index in [4.69, 9.17) is 10.5 Å². The Morgan fingerprint density at radius 2 is 2.30 bits per heavy atom. The van der Waals surface area contributed by atoms with Gasteiger partial charge in [0.05, 0.1) is 13.2 Å². The average Bonchev–Trinajstić information content (AvgIpc) is 2.88. The molecule has 2 rings (SSSR count). The molecule has 0 aliphatic rings. The van der Waals surface area contributed by atoms with Gasteiger partial charge in [-0.25, -0.2) is 9.37 Å². The van der Waals surface area contributed by atoms with Crippen LogP contribution in [-0.4, -0.2) is 18.0 Å². The van der Waals surface area contributed by atoms with Gasteiger partial charge >= 0.3 is 0 Å². The number of carbonyl (C=O) groups is 1. The highest BCUT2D eigenvalue weighted by molar-refractivity contribution is 7.09. The maximum Gasteiger partial charge on any atom is 0.275 e. The fourth-order valence-electron chi connectivity index (χ4n) is 1.54. The first-order valence-corrected chi connectivity index (χ1v) is 6.75. The third kappa shape index (κ3) is 3.12. The van der Waals surface area contributed by atoms with E-state index in [9.17, 15) is 9.18 Å².